The van der Waals surface area contributed by atoms with E-state index in [1.807, 2.05) is 24.3 Å². The van der Waals surface area contributed by atoms with Gasteiger partial charge in [0.1, 0.15) is 5.75 Å². The first-order valence-corrected chi connectivity index (χ1v) is 7.19. The third-order valence-corrected chi connectivity index (χ3v) is 3.88. The van der Waals surface area contributed by atoms with Crippen molar-refractivity contribution in [3.05, 3.63) is 55.9 Å². The van der Waals surface area contributed by atoms with Crippen LogP contribution in [-0.4, -0.2) is 5.11 Å². The number of halogens is 3. The van der Waals surface area contributed by atoms with E-state index in [1.165, 1.54) is 0 Å². The monoisotopic (exact) mass is 389 g/mol. The molecule has 0 unspecified atom stereocenters. The maximum Gasteiger partial charge on any atom is 0.134 e. The average Bonchev–Trinajstić information content (AvgIpc) is 2.32. The van der Waals surface area contributed by atoms with Crippen LogP contribution in [0.2, 0.25) is 5.02 Å². The Balaban J connectivity index is 2.09. The van der Waals surface area contributed by atoms with Gasteiger partial charge >= 0.3 is 0 Å². The molecule has 0 atom stereocenters. The van der Waals surface area contributed by atoms with E-state index >= 15 is 0 Å². The highest BCUT2D eigenvalue weighted by atomic mass is 79.9. The van der Waals surface area contributed by atoms with Crippen LogP contribution in [0.25, 0.3) is 0 Å². The Labute approximate surface area is 127 Å². The first-order valence-electron chi connectivity index (χ1n) is 5.22. The van der Waals surface area contributed by atoms with Gasteiger partial charge in [0, 0.05) is 21.2 Å². The summed E-state index contributed by atoms with van der Waals surface area (Å²) in [6.07, 6.45) is 0. The van der Waals surface area contributed by atoms with Gasteiger partial charge in [-0.05, 0) is 51.8 Å². The zero-order valence-electron chi connectivity index (χ0n) is 9.25. The lowest BCUT2D eigenvalue weighted by Crippen LogP contribution is -1.99. The summed E-state index contributed by atoms with van der Waals surface area (Å²) in [7, 11) is 0. The maximum absolute atomic E-state index is 9.34. The molecule has 0 aliphatic heterocycles. The van der Waals surface area contributed by atoms with Gasteiger partial charge < -0.3 is 10.4 Å². The number of nitrogens with one attached hydrogen (secondary N) is 1. The number of rotatable bonds is 3. The topological polar surface area (TPSA) is 32.3 Å². The van der Waals surface area contributed by atoms with Gasteiger partial charge in [0.05, 0.1) is 5.02 Å². The van der Waals surface area contributed by atoms with Crippen LogP contribution in [0, 0.1) is 0 Å². The Hall–Kier alpha value is -0.710. The number of hydrogen-bond acceptors (Lipinski definition) is 2. The molecule has 0 saturated heterocycles. The van der Waals surface area contributed by atoms with E-state index in [0.29, 0.717) is 11.6 Å². The fourth-order valence-electron chi connectivity index (χ4n) is 1.49. The van der Waals surface area contributed by atoms with Gasteiger partial charge in [0.15, 0.2) is 0 Å². The van der Waals surface area contributed by atoms with Crippen LogP contribution in [0.4, 0.5) is 5.69 Å². The van der Waals surface area contributed by atoms with Crippen LogP contribution in [0.5, 0.6) is 5.75 Å². The third-order valence-electron chi connectivity index (χ3n) is 2.43. The van der Waals surface area contributed by atoms with Crippen molar-refractivity contribution in [2.45, 2.75) is 6.54 Å². The predicted octanol–water partition coefficient (Wildman–Crippen LogP) is 5.18. The molecule has 18 heavy (non-hydrogen) atoms. The standard InChI is InChI=1S/C13H10Br2ClNO/c14-9-2-3-12(10(15)6-9)17-7-8-1-4-13(18)11(16)5-8/h1-6,17-18H,7H2. The molecule has 0 radical (unpaired) electrons. The molecule has 2 N–H and O–H groups in total. The number of anilines is 1. The summed E-state index contributed by atoms with van der Waals surface area (Å²) >= 11 is 12.7. The molecule has 0 fully saturated rings. The lowest BCUT2D eigenvalue weighted by atomic mass is 10.2. The van der Waals surface area contributed by atoms with Crippen LogP contribution < -0.4 is 5.32 Å². The number of phenolic OH excluding ortho intramolecular Hbond substituents is 1. The predicted molar refractivity (Wildman–Crippen MR) is 82.3 cm³/mol. The van der Waals surface area contributed by atoms with E-state index < -0.39 is 0 Å². The van der Waals surface area contributed by atoms with Gasteiger partial charge in [-0.1, -0.05) is 33.6 Å². The van der Waals surface area contributed by atoms with Gasteiger partial charge in [-0.15, -0.1) is 0 Å². The van der Waals surface area contributed by atoms with Crippen LogP contribution >= 0.6 is 43.5 Å². The van der Waals surface area contributed by atoms with E-state index in [-0.39, 0.29) is 5.75 Å². The van der Waals surface area contributed by atoms with Crippen molar-refractivity contribution < 1.29 is 5.11 Å². The Bertz CT molecular complexity index is 575. The van der Waals surface area contributed by atoms with Crippen molar-refractivity contribution in [3.63, 3.8) is 0 Å². The summed E-state index contributed by atoms with van der Waals surface area (Å²) in [4.78, 5) is 0. The number of phenols is 1. The second-order valence-electron chi connectivity index (χ2n) is 3.76. The highest BCUT2D eigenvalue weighted by Crippen LogP contribution is 2.28. The largest absolute Gasteiger partial charge is 0.506 e. The van der Waals surface area contributed by atoms with Crippen LogP contribution in [-0.2, 0) is 6.54 Å². The summed E-state index contributed by atoms with van der Waals surface area (Å²) < 4.78 is 2.01. The van der Waals surface area contributed by atoms with Crippen LogP contribution in [0.3, 0.4) is 0 Å². The zero-order chi connectivity index (χ0) is 13.1. The molecule has 94 valence electrons. The van der Waals surface area contributed by atoms with Crippen LogP contribution in [0.1, 0.15) is 5.56 Å². The Kier molecular flexibility index (Phi) is 4.54. The molecule has 0 aliphatic carbocycles. The van der Waals surface area contributed by atoms with E-state index in [0.717, 1.165) is 20.2 Å². The van der Waals surface area contributed by atoms with Crippen LogP contribution in [0.15, 0.2) is 45.3 Å². The van der Waals surface area contributed by atoms with Gasteiger partial charge in [-0.2, -0.15) is 0 Å². The fraction of sp³-hybridized carbons (Fsp3) is 0.0769. The van der Waals surface area contributed by atoms with Gasteiger partial charge in [0.25, 0.3) is 0 Å². The van der Waals surface area contributed by atoms with Gasteiger partial charge in [0.2, 0.25) is 0 Å². The number of aromatic hydroxyl groups is 1. The van der Waals surface area contributed by atoms with Crippen molar-refractivity contribution in [2.24, 2.45) is 0 Å². The van der Waals surface area contributed by atoms with Crippen molar-refractivity contribution in [3.8, 4) is 5.75 Å². The molecule has 0 saturated carbocycles. The Morgan fingerprint density at radius 2 is 1.89 bits per heavy atom. The second kappa shape index (κ2) is 5.95. The van der Waals surface area contributed by atoms with Crippen molar-refractivity contribution in [2.75, 3.05) is 5.32 Å². The Morgan fingerprint density at radius 1 is 1.11 bits per heavy atom. The number of hydrogen-bond donors (Lipinski definition) is 2. The SMILES string of the molecule is Oc1ccc(CNc2ccc(Br)cc2Br)cc1Cl. The highest BCUT2D eigenvalue weighted by molar-refractivity contribution is 9.11. The molecule has 2 aromatic carbocycles. The normalized spacial score (nSPS) is 10.4. The Morgan fingerprint density at radius 3 is 2.56 bits per heavy atom. The quantitative estimate of drug-likeness (QED) is 0.755. The minimum absolute atomic E-state index is 0.102. The molecule has 5 heteroatoms. The van der Waals surface area contributed by atoms with E-state index in [4.69, 9.17) is 11.6 Å². The van der Waals surface area contributed by atoms with E-state index in [2.05, 4.69) is 37.2 Å². The molecule has 0 spiro atoms. The first kappa shape index (κ1) is 13.7. The van der Waals surface area contributed by atoms with Gasteiger partial charge in [-0.3, -0.25) is 0 Å². The minimum Gasteiger partial charge on any atom is -0.506 e. The molecule has 0 bridgehead atoms. The zero-order valence-corrected chi connectivity index (χ0v) is 13.2. The summed E-state index contributed by atoms with van der Waals surface area (Å²) in [5, 5.41) is 13.0. The van der Waals surface area contributed by atoms with Gasteiger partial charge in [-0.25, -0.2) is 0 Å². The van der Waals surface area contributed by atoms with Crippen molar-refractivity contribution in [1.82, 2.24) is 0 Å². The highest BCUT2D eigenvalue weighted by Gasteiger charge is 2.02. The molecule has 0 heterocycles. The maximum atomic E-state index is 9.34. The van der Waals surface area contributed by atoms with Crippen molar-refractivity contribution >= 4 is 49.1 Å². The lowest BCUT2D eigenvalue weighted by Gasteiger charge is -2.09. The molecular formula is C13H10Br2ClNO. The number of benzene rings is 2. The summed E-state index contributed by atoms with van der Waals surface area (Å²) in [5.41, 5.74) is 2.01. The fourth-order valence-corrected chi connectivity index (χ4v) is 2.88. The molecule has 0 amide bonds. The molecule has 0 aliphatic rings. The van der Waals surface area contributed by atoms with E-state index in [1.54, 1.807) is 12.1 Å². The summed E-state index contributed by atoms with van der Waals surface area (Å²) in [6.45, 7) is 0.639. The van der Waals surface area contributed by atoms with Crippen molar-refractivity contribution in [1.29, 1.82) is 0 Å². The second-order valence-corrected chi connectivity index (χ2v) is 5.94. The molecule has 2 aromatic rings. The lowest BCUT2D eigenvalue weighted by molar-refractivity contribution is 0.475. The minimum atomic E-state index is 0.102. The average molecular weight is 391 g/mol. The molecule has 2 rings (SSSR count). The van der Waals surface area contributed by atoms with E-state index in [9.17, 15) is 5.11 Å². The molecular weight excluding hydrogens is 381 g/mol. The summed E-state index contributed by atoms with van der Waals surface area (Å²) in [6, 6.07) is 11.1. The molecule has 0 aromatic heterocycles. The smallest absolute Gasteiger partial charge is 0.134 e. The first-order chi connectivity index (χ1) is 8.56. The molecule has 2 nitrogen and oxygen atoms in total. The summed E-state index contributed by atoms with van der Waals surface area (Å²) in [5.74, 6) is 0.102. The third kappa shape index (κ3) is 3.40.